The molecule has 0 aromatic heterocycles. The highest BCUT2D eigenvalue weighted by atomic mass is 32.2. The molecule has 0 fully saturated rings. The van der Waals surface area contributed by atoms with Gasteiger partial charge < -0.3 is 0 Å². The lowest BCUT2D eigenvalue weighted by molar-refractivity contribution is 0.596. The van der Waals surface area contributed by atoms with Crippen molar-refractivity contribution in [3.05, 3.63) is 97.1 Å². The third-order valence-corrected chi connectivity index (χ3v) is 7.31. The van der Waals surface area contributed by atoms with Gasteiger partial charge in [-0.25, -0.2) is 26.3 Å². The van der Waals surface area contributed by atoms with Crippen LogP contribution in [0.4, 0.5) is 11.4 Å². The molecule has 0 amide bonds. The molecule has 0 bridgehead atoms. The van der Waals surface area contributed by atoms with Gasteiger partial charge in [0.05, 0.1) is 21.2 Å². The van der Waals surface area contributed by atoms with E-state index in [1.54, 1.807) is 84.9 Å². The zero-order chi connectivity index (χ0) is 21.4. The summed E-state index contributed by atoms with van der Waals surface area (Å²) >= 11 is 0. The predicted molar refractivity (Wildman–Crippen MR) is 118 cm³/mol. The number of sulfonamides is 2. The van der Waals surface area contributed by atoms with Crippen LogP contribution in [0, 0.1) is 0 Å². The van der Waals surface area contributed by atoms with E-state index < -0.39 is 20.0 Å². The molecular formula is C22H18N2O4S2. The number of primary sulfonamides is 1. The fraction of sp³-hybridized carbons (Fsp3) is 0. The van der Waals surface area contributed by atoms with Crippen LogP contribution in [0.5, 0.6) is 0 Å². The maximum absolute atomic E-state index is 13.9. The average Bonchev–Trinajstić information content (AvgIpc) is 2.74. The number of rotatable bonds is 5. The second-order valence-electron chi connectivity index (χ2n) is 6.63. The Hall–Kier alpha value is -3.20. The summed E-state index contributed by atoms with van der Waals surface area (Å²) in [7, 11) is -8.32. The molecule has 4 aromatic rings. The number of nitrogens with two attached hydrogens (primary N) is 1. The van der Waals surface area contributed by atoms with Crippen molar-refractivity contribution in [3.8, 4) is 0 Å². The molecule has 0 saturated carbocycles. The molecule has 0 aliphatic carbocycles. The van der Waals surface area contributed by atoms with Crippen molar-refractivity contribution in [2.45, 2.75) is 9.79 Å². The van der Waals surface area contributed by atoms with E-state index in [9.17, 15) is 16.8 Å². The Kier molecular flexibility index (Phi) is 5.07. The summed E-state index contributed by atoms with van der Waals surface area (Å²) in [5, 5.41) is 6.19. The van der Waals surface area contributed by atoms with E-state index in [4.69, 9.17) is 5.14 Å². The third-order valence-electron chi connectivity index (χ3n) is 4.63. The Balaban J connectivity index is 2.06. The zero-order valence-electron chi connectivity index (χ0n) is 15.7. The SMILES string of the molecule is NS(=O)(=O)c1cc(S(=O)(=O)N(c2ccccc2)c2ccccc2)c2ccccc2c1. The van der Waals surface area contributed by atoms with Crippen molar-refractivity contribution in [3.63, 3.8) is 0 Å². The normalized spacial score (nSPS) is 12.0. The molecular weight excluding hydrogens is 420 g/mol. The lowest BCUT2D eigenvalue weighted by Crippen LogP contribution is -2.27. The first kappa shape index (κ1) is 20.1. The molecule has 6 nitrogen and oxygen atoms in total. The average molecular weight is 439 g/mol. The third kappa shape index (κ3) is 3.68. The van der Waals surface area contributed by atoms with Crippen LogP contribution < -0.4 is 9.44 Å². The zero-order valence-corrected chi connectivity index (χ0v) is 17.3. The lowest BCUT2D eigenvalue weighted by atomic mass is 10.1. The molecule has 8 heteroatoms. The van der Waals surface area contributed by atoms with Gasteiger partial charge in [0, 0.05) is 5.39 Å². The Morgan fingerprint density at radius 2 is 1.13 bits per heavy atom. The Morgan fingerprint density at radius 3 is 1.67 bits per heavy atom. The van der Waals surface area contributed by atoms with E-state index in [2.05, 4.69) is 0 Å². The molecule has 0 atom stereocenters. The summed E-state index contributed by atoms with van der Waals surface area (Å²) in [6.07, 6.45) is 0. The highest BCUT2D eigenvalue weighted by Crippen LogP contribution is 2.36. The topological polar surface area (TPSA) is 97.5 Å². The second-order valence-corrected chi connectivity index (χ2v) is 9.94. The van der Waals surface area contributed by atoms with Crippen molar-refractivity contribution < 1.29 is 16.8 Å². The number of nitrogens with zero attached hydrogens (tertiary/aromatic N) is 1. The van der Waals surface area contributed by atoms with E-state index >= 15 is 0 Å². The first-order valence-corrected chi connectivity index (χ1v) is 12.0. The number of benzene rings is 4. The van der Waals surface area contributed by atoms with Crippen LogP contribution in [-0.4, -0.2) is 16.8 Å². The fourth-order valence-electron chi connectivity index (χ4n) is 3.28. The van der Waals surface area contributed by atoms with E-state index in [0.717, 1.165) is 6.07 Å². The highest BCUT2D eigenvalue weighted by molar-refractivity contribution is 7.93. The van der Waals surface area contributed by atoms with Gasteiger partial charge in [-0.2, -0.15) is 0 Å². The minimum Gasteiger partial charge on any atom is -0.235 e. The van der Waals surface area contributed by atoms with Crippen molar-refractivity contribution in [2.75, 3.05) is 4.31 Å². The van der Waals surface area contributed by atoms with Gasteiger partial charge in [0.1, 0.15) is 0 Å². The minimum atomic E-state index is -4.20. The van der Waals surface area contributed by atoms with Gasteiger partial charge in [-0.1, -0.05) is 60.7 Å². The summed E-state index contributed by atoms with van der Waals surface area (Å²) in [4.78, 5) is -0.404. The molecule has 152 valence electrons. The molecule has 0 spiro atoms. The number of para-hydroxylation sites is 2. The van der Waals surface area contributed by atoms with Crippen molar-refractivity contribution in [1.82, 2.24) is 0 Å². The molecule has 0 unspecified atom stereocenters. The molecule has 0 saturated heterocycles. The lowest BCUT2D eigenvalue weighted by Gasteiger charge is -2.25. The molecule has 2 N–H and O–H groups in total. The van der Waals surface area contributed by atoms with Crippen LogP contribution in [0.1, 0.15) is 0 Å². The monoisotopic (exact) mass is 438 g/mol. The van der Waals surface area contributed by atoms with Gasteiger partial charge in [-0.3, -0.25) is 0 Å². The van der Waals surface area contributed by atoms with Gasteiger partial charge in [0.25, 0.3) is 10.0 Å². The summed E-state index contributed by atoms with van der Waals surface area (Å²) < 4.78 is 53.1. The molecule has 4 rings (SSSR count). The smallest absolute Gasteiger partial charge is 0.235 e. The van der Waals surface area contributed by atoms with Gasteiger partial charge in [-0.15, -0.1) is 0 Å². The van der Waals surface area contributed by atoms with E-state index in [1.807, 2.05) is 0 Å². The standard InChI is InChI=1S/C22H18N2O4S2/c23-29(25,26)20-15-17-9-7-8-14-21(17)22(16-20)30(27,28)24(18-10-3-1-4-11-18)19-12-5-2-6-13-19/h1-16H,(H2,23,25,26). The highest BCUT2D eigenvalue weighted by Gasteiger charge is 2.29. The van der Waals surface area contributed by atoms with Crippen LogP contribution >= 0.6 is 0 Å². The van der Waals surface area contributed by atoms with E-state index in [0.29, 0.717) is 22.1 Å². The van der Waals surface area contributed by atoms with Crippen LogP contribution in [-0.2, 0) is 20.0 Å². The summed E-state index contributed by atoms with van der Waals surface area (Å²) in [5.74, 6) is 0. The number of anilines is 2. The van der Waals surface area contributed by atoms with Gasteiger partial charge in [0.15, 0.2) is 0 Å². The molecule has 0 aliphatic rings. The summed E-state index contributed by atoms with van der Waals surface area (Å²) in [6, 6.07) is 26.4. The fourth-order valence-corrected chi connectivity index (χ4v) is 5.66. The summed E-state index contributed by atoms with van der Waals surface area (Å²) in [6.45, 7) is 0. The number of hydrogen-bond acceptors (Lipinski definition) is 4. The van der Waals surface area contributed by atoms with Gasteiger partial charge >= 0.3 is 0 Å². The largest absolute Gasteiger partial charge is 0.269 e. The van der Waals surface area contributed by atoms with Crippen molar-refractivity contribution in [1.29, 1.82) is 0 Å². The number of fused-ring (bicyclic) bond motifs is 1. The first-order valence-electron chi connectivity index (χ1n) is 8.99. The number of hydrogen-bond donors (Lipinski definition) is 1. The first-order chi connectivity index (χ1) is 14.3. The Labute approximate surface area is 175 Å². The van der Waals surface area contributed by atoms with E-state index in [-0.39, 0.29) is 9.79 Å². The Morgan fingerprint density at radius 1 is 0.633 bits per heavy atom. The van der Waals surface area contributed by atoms with Crippen LogP contribution in [0.2, 0.25) is 0 Å². The van der Waals surface area contributed by atoms with E-state index in [1.165, 1.54) is 10.4 Å². The second kappa shape index (κ2) is 7.56. The molecule has 0 heterocycles. The van der Waals surface area contributed by atoms with Gasteiger partial charge in [-0.05, 0) is 41.8 Å². The summed E-state index contributed by atoms with van der Waals surface area (Å²) in [5.41, 5.74) is 0.850. The van der Waals surface area contributed by atoms with Gasteiger partial charge in [0.2, 0.25) is 10.0 Å². The van der Waals surface area contributed by atoms with Crippen molar-refractivity contribution in [2.24, 2.45) is 5.14 Å². The molecule has 4 aromatic carbocycles. The van der Waals surface area contributed by atoms with Crippen molar-refractivity contribution >= 4 is 42.2 Å². The molecule has 0 aliphatic heterocycles. The van der Waals surface area contributed by atoms with Crippen LogP contribution in [0.25, 0.3) is 10.8 Å². The molecule has 0 radical (unpaired) electrons. The quantitative estimate of drug-likeness (QED) is 0.509. The Bertz CT molecular complexity index is 1380. The maximum atomic E-state index is 13.9. The molecule has 30 heavy (non-hydrogen) atoms. The van der Waals surface area contributed by atoms with Crippen LogP contribution in [0.15, 0.2) is 107 Å². The maximum Gasteiger partial charge on any atom is 0.269 e. The predicted octanol–water partition coefficient (Wildman–Crippen LogP) is 4.01. The minimum absolute atomic E-state index is 0.141. The van der Waals surface area contributed by atoms with Crippen LogP contribution in [0.3, 0.4) is 0 Å².